The minimum Gasteiger partial charge on any atom is -0.478 e. The molecule has 8 nitrogen and oxygen atoms in total. The monoisotopic (exact) mass is 388 g/mol. The van der Waals surface area contributed by atoms with Crippen LogP contribution in [0.2, 0.25) is 0 Å². The Morgan fingerprint density at radius 2 is 1.45 bits per heavy atom. The SMILES string of the molecule is O=C(O)c1cc(C(=O)O)cc(N2C(=O)c3ccc(-c4cccnc4)cc3C2=O)c1. The van der Waals surface area contributed by atoms with Gasteiger partial charge in [0.15, 0.2) is 0 Å². The van der Waals surface area contributed by atoms with E-state index in [1.807, 2.05) is 6.07 Å². The molecule has 0 unspecified atom stereocenters. The Kier molecular flexibility index (Phi) is 4.16. The molecule has 2 aromatic carbocycles. The molecule has 0 bridgehead atoms. The van der Waals surface area contributed by atoms with Gasteiger partial charge in [0.1, 0.15) is 0 Å². The van der Waals surface area contributed by atoms with Gasteiger partial charge >= 0.3 is 11.9 Å². The number of pyridine rings is 1. The van der Waals surface area contributed by atoms with Gasteiger partial charge in [-0.05, 0) is 42.0 Å². The zero-order valence-electron chi connectivity index (χ0n) is 14.7. The van der Waals surface area contributed by atoms with Crippen LogP contribution in [0.3, 0.4) is 0 Å². The van der Waals surface area contributed by atoms with Gasteiger partial charge in [-0.2, -0.15) is 0 Å². The van der Waals surface area contributed by atoms with E-state index in [9.17, 15) is 29.4 Å². The molecule has 2 heterocycles. The summed E-state index contributed by atoms with van der Waals surface area (Å²) in [6.07, 6.45) is 3.24. The molecule has 29 heavy (non-hydrogen) atoms. The summed E-state index contributed by atoms with van der Waals surface area (Å²) < 4.78 is 0. The number of carboxylic acid groups (broad SMARTS) is 2. The highest BCUT2D eigenvalue weighted by Gasteiger charge is 2.37. The number of fused-ring (bicyclic) bond motifs is 1. The van der Waals surface area contributed by atoms with Gasteiger partial charge in [-0.1, -0.05) is 12.1 Å². The zero-order valence-corrected chi connectivity index (χ0v) is 14.7. The van der Waals surface area contributed by atoms with E-state index in [0.717, 1.165) is 28.7 Å². The summed E-state index contributed by atoms with van der Waals surface area (Å²) in [4.78, 5) is 53.3. The standard InChI is InChI=1S/C21H12N2O6/c24-18-16-4-3-11(12-2-1-5-22-10-12)9-17(16)19(25)23(18)15-7-13(20(26)27)6-14(8-15)21(28)29/h1-10H,(H,26,27)(H,28,29). The van der Waals surface area contributed by atoms with Crippen molar-refractivity contribution in [2.75, 3.05) is 4.90 Å². The van der Waals surface area contributed by atoms with Gasteiger partial charge in [0, 0.05) is 18.0 Å². The van der Waals surface area contributed by atoms with Gasteiger partial charge in [0.05, 0.1) is 27.9 Å². The van der Waals surface area contributed by atoms with Crippen LogP contribution in [0.4, 0.5) is 5.69 Å². The third-order valence-corrected chi connectivity index (χ3v) is 4.55. The first kappa shape index (κ1) is 18.1. The Labute approximate surface area is 163 Å². The van der Waals surface area contributed by atoms with Gasteiger partial charge in [0.25, 0.3) is 11.8 Å². The number of aromatic nitrogens is 1. The van der Waals surface area contributed by atoms with Crippen molar-refractivity contribution < 1.29 is 29.4 Å². The van der Waals surface area contributed by atoms with Crippen molar-refractivity contribution in [3.63, 3.8) is 0 Å². The lowest BCUT2D eigenvalue weighted by molar-refractivity contribution is 0.0695. The molecule has 0 radical (unpaired) electrons. The molecule has 0 aliphatic carbocycles. The second-order valence-electron chi connectivity index (χ2n) is 6.33. The van der Waals surface area contributed by atoms with E-state index in [-0.39, 0.29) is 27.9 Å². The Hall–Kier alpha value is -4.33. The molecular formula is C21H12N2O6. The van der Waals surface area contributed by atoms with Gasteiger partial charge in [-0.25, -0.2) is 14.5 Å². The Morgan fingerprint density at radius 3 is 2.03 bits per heavy atom. The number of amides is 2. The second kappa shape index (κ2) is 6.68. The molecule has 142 valence electrons. The normalized spacial score (nSPS) is 12.8. The van der Waals surface area contributed by atoms with Crippen LogP contribution in [0.5, 0.6) is 0 Å². The average Bonchev–Trinajstić information content (AvgIpc) is 2.98. The van der Waals surface area contributed by atoms with Crippen molar-refractivity contribution in [1.82, 2.24) is 4.98 Å². The zero-order chi connectivity index (χ0) is 20.7. The molecule has 2 N–H and O–H groups in total. The lowest BCUT2D eigenvalue weighted by Crippen LogP contribution is -2.29. The molecule has 0 atom stereocenters. The van der Waals surface area contributed by atoms with E-state index in [4.69, 9.17) is 0 Å². The number of carbonyl (C=O) groups excluding carboxylic acids is 2. The number of hydrogen-bond donors (Lipinski definition) is 2. The Morgan fingerprint density at radius 1 is 0.793 bits per heavy atom. The molecule has 2 amide bonds. The number of imide groups is 1. The van der Waals surface area contributed by atoms with Crippen molar-refractivity contribution in [2.45, 2.75) is 0 Å². The number of carboxylic acids is 2. The number of benzene rings is 2. The van der Waals surface area contributed by atoms with E-state index in [0.29, 0.717) is 5.56 Å². The quantitative estimate of drug-likeness (QED) is 0.658. The first-order chi connectivity index (χ1) is 13.9. The van der Waals surface area contributed by atoms with Crippen LogP contribution in [-0.2, 0) is 0 Å². The fraction of sp³-hybridized carbons (Fsp3) is 0. The Balaban J connectivity index is 1.81. The summed E-state index contributed by atoms with van der Waals surface area (Å²) in [5.41, 5.74) is 0.950. The van der Waals surface area contributed by atoms with Crippen molar-refractivity contribution in [2.24, 2.45) is 0 Å². The highest BCUT2D eigenvalue weighted by atomic mass is 16.4. The summed E-state index contributed by atoms with van der Waals surface area (Å²) >= 11 is 0. The van der Waals surface area contributed by atoms with Crippen LogP contribution in [0.15, 0.2) is 60.9 Å². The molecule has 1 aromatic heterocycles. The summed E-state index contributed by atoms with van der Waals surface area (Å²) in [6.45, 7) is 0. The number of anilines is 1. The van der Waals surface area contributed by atoms with Crippen LogP contribution in [0, 0.1) is 0 Å². The predicted octanol–water partition coefficient (Wildman–Crippen LogP) is 2.95. The van der Waals surface area contributed by atoms with E-state index in [1.54, 1.807) is 30.6 Å². The number of hydrogen-bond acceptors (Lipinski definition) is 5. The van der Waals surface area contributed by atoms with Gasteiger partial charge in [-0.15, -0.1) is 0 Å². The Bertz CT molecular complexity index is 1170. The number of aromatic carboxylic acids is 2. The van der Waals surface area contributed by atoms with Crippen LogP contribution in [0.25, 0.3) is 11.1 Å². The lowest BCUT2D eigenvalue weighted by Gasteiger charge is -2.15. The second-order valence-corrected chi connectivity index (χ2v) is 6.33. The highest BCUT2D eigenvalue weighted by molar-refractivity contribution is 6.34. The maximum Gasteiger partial charge on any atom is 0.335 e. The van der Waals surface area contributed by atoms with Crippen LogP contribution in [0.1, 0.15) is 41.4 Å². The smallest absolute Gasteiger partial charge is 0.335 e. The number of carbonyl (C=O) groups is 4. The molecule has 4 rings (SSSR count). The van der Waals surface area contributed by atoms with Gasteiger partial charge in [-0.3, -0.25) is 14.6 Å². The van der Waals surface area contributed by atoms with Crippen molar-refractivity contribution >= 4 is 29.4 Å². The molecule has 3 aromatic rings. The third-order valence-electron chi connectivity index (χ3n) is 4.55. The first-order valence-corrected chi connectivity index (χ1v) is 8.42. The van der Waals surface area contributed by atoms with E-state index in [2.05, 4.69) is 4.98 Å². The minimum atomic E-state index is -1.37. The number of nitrogens with zero attached hydrogens (tertiary/aromatic N) is 2. The predicted molar refractivity (Wildman–Crippen MR) is 101 cm³/mol. The lowest BCUT2D eigenvalue weighted by atomic mass is 10.0. The van der Waals surface area contributed by atoms with Crippen LogP contribution < -0.4 is 4.90 Å². The fourth-order valence-corrected chi connectivity index (χ4v) is 3.18. The van der Waals surface area contributed by atoms with Crippen molar-refractivity contribution in [3.05, 3.63) is 83.2 Å². The van der Waals surface area contributed by atoms with E-state index in [1.165, 1.54) is 6.07 Å². The number of rotatable bonds is 4. The topological polar surface area (TPSA) is 125 Å². The average molecular weight is 388 g/mol. The van der Waals surface area contributed by atoms with Gasteiger partial charge < -0.3 is 10.2 Å². The van der Waals surface area contributed by atoms with Crippen molar-refractivity contribution in [1.29, 1.82) is 0 Å². The summed E-state index contributed by atoms with van der Waals surface area (Å²) in [6, 6.07) is 11.5. The molecule has 8 heteroatoms. The molecule has 0 spiro atoms. The molecule has 1 aliphatic rings. The van der Waals surface area contributed by atoms with E-state index >= 15 is 0 Å². The maximum atomic E-state index is 12.9. The van der Waals surface area contributed by atoms with Gasteiger partial charge in [0.2, 0.25) is 0 Å². The van der Waals surface area contributed by atoms with Crippen LogP contribution in [-0.4, -0.2) is 39.0 Å². The van der Waals surface area contributed by atoms with Crippen molar-refractivity contribution in [3.8, 4) is 11.1 Å². The highest BCUT2D eigenvalue weighted by Crippen LogP contribution is 2.32. The molecule has 1 aliphatic heterocycles. The van der Waals surface area contributed by atoms with E-state index < -0.39 is 23.8 Å². The molecule has 0 saturated carbocycles. The first-order valence-electron chi connectivity index (χ1n) is 8.42. The third kappa shape index (κ3) is 3.02. The summed E-state index contributed by atoms with van der Waals surface area (Å²) in [7, 11) is 0. The summed E-state index contributed by atoms with van der Waals surface area (Å²) in [5.74, 6) is -4.05. The maximum absolute atomic E-state index is 12.9. The largest absolute Gasteiger partial charge is 0.478 e. The minimum absolute atomic E-state index is 0.114. The summed E-state index contributed by atoms with van der Waals surface area (Å²) in [5, 5.41) is 18.5. The molecule has 0 saturated heterocycles. The van der Waals surface area contributed by atoms with Crippen LogP contribution >= 0.6 is 0 Å². The molecule has 0 fully saturated rings. The fourth-order valence-electron chi connectivity index (χ4n) is 3.18. The molecular weight excluding hydrogens is 376 g/mol.